The Bertz CT molecular complexity index is 964. The molecular formula is C20H19ClN2O. The zero-order valence-electron chi connectivity index (χ0n) is 14.2. The molecule has 4 heteroatoms. The van der Waals surface area contributed by atoms with Crippen LogP contribution in [0.25, 0.3) is 10.9 Å². The van der Waals surface area contributed by atoms with Gasteiger partial charge in [-0.05, 0) is 62.6 Å². The summed E-state index contributed by atoms with van der Waals surface area (Å²) in [4.78, 5) is 17.4. The van der Waals surface area contributed by atoms with Crippen LogP contribution in [0.15, 0.2) is 36.4 Å². The van der Waals surface area contributed by atoms with E-state index in [0.29, 0.717) is 10.6 Å². The van der Waals surface area contributed by atoms with Crippen molar-refractivity contribution in [3.05, 3.63) is 69.4 Å². The van der Waals surface area contributed by atoms with Crippen molar-refractivity contribution in [3.63, 3.8) is 0 Å². The molecule has 1 N–H and O–H groups in total. The van der Waals surface area contributed by atoms with Gasteiger partial charge in [-0.3, -0.25) is 9.78 Å². The van der Waals surface area contributed by atoms with Crippen molar-refractivity contribution in [2.75, 3.05) is 5.32 Å². The van der Waals surface area contributed by atoms with Crippen LogP contribution in [-0.2, 0) is 0 Å². The van der Waals surface area contributed by atoms with Gasteiger partial charge in [0.25, 0.3) is 5.91 Å². The third-order valence-electron chi connectivity index (χ3n) is 4.18. The summed E-state index contributed by atoms with van der Waals surface area (Å²) in [5, 5.41) is 4.49. The Balaban J connectivity index is 2.10. The van der Waals surface area contributed by atoms with Gasteiger partial charge in [0.15, 0.2) is 0 Å². The first kappa shape index (κ1) is 16.5. The number of carbonyl (C=O) groups excluding carboxylic acids is 1. The number of hydrogen-bond donors (Lipinski definition) is 1. The highest BCUT2D eigenvalue weighted by Gasteiger charge is 2.15. The van der Waals surface area contributed by atoms with Gasteiger partial charge in [0.2, 0.25) is 0 Å². The van der Waals surface area contributed by atoms with E-state index in [1.165, 1.54) is 0 Å². The number of nitrogens with zero attached hydrogens (tertiary/aromatic N) is 1. The Morgan fingerprint density at radius 3 is 2.54 bits per heavy atom. The molecule has 3 aromatic rings. The van der Waals surface area contributed by atoms with Crippen molar-refractivity contribution in [1.82, 2.24) is 4.98 Å². The standard InChI is InChI=1S/C20H19ClN2O/c1-11-5-6-12(2)18(9-11)23-20(24)16-10-13(3)22-19-14(4)17(21)8-7-15(16)19/h5-10H,1-4H3,(H,23,24). The van der Waals surface area contributed by atoms with Crippen molar-refractivity contribution in [2.45, 2.75) is 27.7 Å². The van der Waals surface area contributed by atoms with Crippen molar-refractivity contribution in [3.8, 4) is 0 Å². The number of nitrogens with one attached hydrogen (secondary N) is 1. The van der Waals surface area contributed by atoms with E-state index in [4.69, 9.17) is 11.6 Å². The second-order valence-corrected chi connectivity index (χ2v) is 6.56. The number of amides is 1. The van der Waals surface area contributed by atoms with E-state index in [9.17, 15) is 4.79 Å². The number of aromatic nitrogens is 1. The summed E-state index contributed by atoms with van der Waals surface area (Å²) in [5.41, 5.74) is 6.02. The summed E-state index contributed by atoms with van der Waals surface area (Å²) in [5.74, 6) is -0.138. The summed E-state index contributed by atoms with van der Waals surface area (Å²) >= 11 is 6.20. The fourth-order valence-electron chi connectivity index (χ4n) is 2.78. The number of aryl methyl sites for hydroxylation is 4. The quantitative estimate of drug-likeness (QED) is 0.682. The molecule has 0 aliphatic carbocycles. The zero-order chi connectivity index (χ0) is 17.4. The molecule has 0 radical (unpaired) electrons. The molecule has 1 aromatic heterocycles. The van der Waals surface area contributed by atoms with E-state index < -0.39 is 0 Å². The molecule has 0 aliphatic rings. The molecule has 0 aliphatic heterocycles. The first-order chi connectivity index (χ1) is 11.4. The highest BCUT2D eigenvalue weighted by atomic mass is 35.5. The van der Waals surface area contributed by atoms with E-state index in [0.717, 1.165) is 39.0 Å². The number of fused-ring (bicyclic) bond motifs is 1. The van der Waals surface area contributed by atoms with Crippen molar-refractivity contribution < 1.29 is 4.79 Å². The monoisotopic (exact) mass is 338 g/mol. The van der Waals surface area contributed by atoms with Gasteiger partial charge < -0.3 is 5.32 Å². The summed E-state index contributed by atoms with van der Waals surface area (Å²) in [7, 11) is 0. The summed E-state index contributed by atoms with van der Waals surface area (Å²) in [6, 6.07) is 11.5. The molecule has 24 heavy (non-hydrogen) atoms. The maximum atomic E-state index is 12.9. The average molecular weight is 339 g/mol. The van der Waals surface area contributed by atoms with Gasteiger partial charge in [-0.2, -0.15) is 0 Å². The highest BCUT2D eigenvalue weighted by molar-refractivity contribution is 6.32. The van der Waals surface area contributed by atoms with Crippen LogP contribution >= 0.6 is 11.6 Å². The first-order valence-corrected chi connectivity index (χ1v) is 8.19. The number of hydrogen-bond acceptors (Lipinski definition) is 2. The lowest BCUT2D eigenvalue weighted by molar-refractivity contribution is 0.102. The van der Waals surface area contributed by atoms with Crippen molar-refractivity contribution in [1.29, 1.82) is 0 Å². The van der Waals surface area contributed by atoms with Gasteiger partial charge in [0.05, 0.1) is 11.1 Å². The minimum Gasteiger partial charge on any atom is -0.322 e. The van der Waals surface area contributed by atoms with E-state index in [1.54, 1.807) is 0 Å². The van der Waals surface area contributed by atoms with Gasteiger partial charge in [-0.15, -0.1) is 0 Å². The molecule has 0 atom stereocenters. The predicted octanol–water partition coefficient (Wildman–Crippen LogP) is 5.37. The van der Waals surface area contributed by atoms with Crippen molar-refractivity contribution in [2.24, 2.45) is 0 Å². The van der Waals surface area contributed by atoms with Crippen LogP contribution in [0.5, 0.6) is 0 Å². The molecule has 0 saturated carbocycles. The minimum atomic E-state index is -0.138. The molecule has 3 nitrogen and oxygen atoms in total. The number of rotatable bonds is 2. The van der Waals surface area contributed by atoms with Gasteiger partial charge in [-0.1, -0.05) is 29.8 Å². The highest BCUT2D eigenvalue weighted by Crippen LogP contribution is 2.28. The lowest BCUT2D eigenvalue weighted by Gasteiger charge is -2.13. The molecule has 2 aromatic carbocycles. The van der Waals surface area contributed by atoms with Crippen molar-refractivity contribution >= 4 is 34.1 Å². The topological polar surface area (TPSA) is 42.0 Å². The normalized spacial score (nSPS) is 10.9. The molecule has 0 bridgehead atoms. The van der Waals surface area contributed by atoms with E-state index in [-0.39, 0.29) is 5.91 Å². The Morgan fingerprint density at radius 1 is 1.04 bits per heavy atom. The fourth-order valence-corrected chi connectivity index (χ4v) is 2.93. The van der Waals surface area contributed by atoms with E-state index >= 15 is 0 Å². The number of pyridine rings is 1. The fraction of sp³-hybridized carbons (Fsp3) is 0.200. The largest absolute Gasteiger partial charge is 0.322 e. The number of halogens is 1. The van der Waals surface area contributed by atoms with E-state index in [2.05, 4.69) is 10.3 Å². The second-order valence-electron chi connectivity index (χ2n) is 6.15. The predicted molar refractivity (Wildman–Crippen MR) is 100 cm³/mol. The van der Waals surface area contributed by atoms with Gasteiger partial charge in [-0.25, -0.2) is 0 Å². The molecule has 0 spiro atoms. The smallest absolute Gasteiger partial charge is 0.256 e. The van der Waals surface area contributed by atoms with Gasteiger partial charge in [0.1, 0.15) is 0 Å². The number of carbonyl (C=O) groups is 1. The van der Waals surface area contributed by atoms with Crippen LogP contribution < -0.4 is 5.32 Å². The van der Waals surface area contributed by atoms with Crippen LogP contribution in [-0.4, -0.2) is 10.9 Å². The number of anilines is 1. The summed E-state index contributed by atoms with van der Waals surface area (Å²) in [6.45, 7) is 7.79. The lowest BCUT2D eigenvalue weighted by atomic mass is 10.0. The third kappa shape index (κ3) is 3.00. The lowest BCUT2D eigenvalue weighted by Crippen LogP contribution is -2.14. The third-order valence-corrected chi connectivity index (χ3v) is 4.59. The molecular weight excluding hydrogens is 320 g/mol. The molecule has 1 heterocycles. The van der Waals surface area contributed by atoms with Crippen LogP contribution in [0.2, 0.25) is 5.02 Å². The Kier molecular flexibility index (Phi) is 4.29. The average Bonchev–Trinajstić information content (AvgIpc) is 2.54. The van der Waals surface area contributed by atoms with Gasteiger partial charge >= 0.3 is 0 Å². The van der Waals surface area contributed by atoms with Crippen LogP contribution in [0.4, 0.5) is 5.69 Å². The Labute approximate surface area is 146 Å². The summed E-state index contributed by atoms with van der Waals surface area (Å²) < 4.78 is 0. The number of benzene rings is 2. The second kappa shape index (κ2) is 6.25. The maximum Gasteiger partial charge on any atom is 0.256 e. The zero-order valence-corrected chi connectivity index (χ0v) is 15.0. The molecule has 122 valence electrons. The maximum absolute atomic E-state index is 12.9. The van der Waals surface area contributed by atoms with E-state index in [1.807, 2.05) is 64.1 Å². The molecule has 0 saturated heterocycles. The SMILES string of the molecule is Cc1ccc(C)c(NC(=O)c2cc(C)nc3c(C)c(Cl)ccc23)c1. The van der Waals surface area contributed by atoms with Crippen LogP contribution in [0, 0.1) is 27.7 Å². The minimum absolute atomic E-state index is 0.138. The molecule has 0 fully saturated rings. The molecule has 3 rings (SSSR count). The van der Waals surface area contributed by atoms with Crippen LogP contribution in [0.1, 0.15) is 32.7 Å². The molecule has 1 amide bonds. The van der Waals surface area contributed by atoms with Crippen LogP contribution in [0.3, 0.4) is 0 Å². The Morgan fingerprint density at radius 2 is 1.79 bits per heavy atom. The Hall–Kier alpha value is -2.39. The summed E-state index contributed by atoms with van der Waals surface area (Å²) in [6.07, 6.45) is 0. The first-order valence-electron chi connectivity index (χ1n) is 7.82. The molecule has 0 unspecified atom stereocenters. The van der Waals surface area contributed by atoms with Gasteiger partial charge in [0, 0.05) is 21.8 Å².